The third kappa shape index (κ3) is 6.23. The third-order valence-corrected chi connectivity index (χ3v) is 6.07. The van der Waals surface area contributed by atoms with Gasteiger partial charge in [0.05, 0.1) is 24.6 Å². The maximum absolute atomic E-state index is 13.0. The van der Waals surface area contributed by atoms with Crippen LogP contribution in [-0.4, -0.2) is 37.5 Å². The summed E-state index contributed by atoms with van der Waals surface area (Å²) in [6.45, 7) is 0. The van der Waals surface area contributed by atoms with Crippen LogP contribution in [0.2, 0.25) is 0 Å². The van der Waals surface area contributed by atoms with Crippen LogP contribution in [0.3, 0.4) is 0 Å². The van der Waals surface area contributed by atoms with E-state index < -0.39 is 14.9 Å². The second-order valence-electron chi connectivity index (χ2n) is 7.66. The number of para-hydroxylation sites is 2. The maximum atomic E-state index is 13.0. The number of ether oxygens (including phenoxy) is 3. The number of nitro groups is 1. The average Bonchev–Trinajstić information content (AvgIpc) is 2.93. The van der Waals surface area contributed by atoms with Gasteiger partial charge >= 0.3 is 0 Å². The van der Waals surface area contributed by atoms with Crippen molar-refractivity contribution < 1.29 is 27.6 Å². The lowest BCUT2D eigenvalue weighted by Crippen LogP contribution is -2.13. The molecule has 0 aliphatic heterocycles. The summed E-state index contributed by atoms with van der Waals surface area (Å²) < 4.78 is 45.2. The zero-order valence-corrected chi connectivity index (χ0v) is 21.1. The number of aromatic nitrogens is 2. The summed E-state index contributed by atoms with van der Waals surface area (Å²) in [4.78, 5) is 19.4. The minimum Gasteiger partial charge on any atom is -0.493 e. The van der Waals surface area contributed by atoms with E-state index in [1.807, 2.05) is 6.07 Å². The second kappa shape index (κ2) is 11.4. The van der Waals surface area contributed by atoms with Crippen LogP contribution in [0.25, 0.3) is 17.5 Å². The van der Waals surface area contributed by atoms with E-state index in [4.69, 9.17) is 14.2 Å². The molecule has 0 amide bonds. The summed E-state index contributed by atoms with van der Waals surface area (Å²) in [6, 6.07) is 21.2. The molecule has 4 aromatic rings. The van der Waals surface area contributed by atoms with Crippen molar-refractivity contribution in [3.8, 4) is 34.5 Å². The quantitative estimate of drug-likeness (QED) is 0.212. The molecule has 1 N–H and O–H groups in total. The number of benzene rings is 3. The molecule has 1 heterocycles. The molecule has 3 aromatic carbocycles. The maximum Gasteiger partial charge on any atom is 0.270 e. The van der Waals surface area contributed by atoms with Gasteiger partial charge in [0.1, 0.15) is 0 Å². The molecule has 0 aliphatic carbocycles. The molecule has 0 fully saturated rings. The first kappa shape index (κ1) is 26.1. The predicted octanol–water partition coefficient (Wildman–Crippen LogP) is 5.27. The summed E-state index contributed by atoms with van der Waals surface area (Å²) in [6.07, 6.45) is 1.42. The fourth-order valence-corrected chi connectivity index (χ4v) is 4.14. The van der Waals surface area contributed by atoms with Gasteiger partial charge in [0.15, 0.2) is 23.1 Å². The van der Waals surface area contributed by atoms with Gasteiger partial charge in [0, 0.05) is 17.7 Å². The molecular formula is C26H22N4O7S. The van der Waals surface area contributed by atoms with Crippen LogP contribution in [0.1, 0.15) is 5.56 Å². The van der Waals surface area contributed by atoms with E-state index in [-0.39, 0.29) is 40.3 Å². The third-order valence-electron chi connectivity index (χ3n) is 5.10. The Bertz CT molecular complexity index is 1590. The van der Waals surface area contributed by atoms with Gasteiger partial charge < -0.3 is 14.2 Å². The minimum atomic E-state index is -4.10. The number of rotatable bonds is 10. The molecule has 4 rings (SSSR count). The fraction of sp³-hybridized carbons (Fsp3) is 0.0769. The van der Waals surface area contributed by atoms with Crippen LogP contribution in [0.4, 0.5) is 11.5 Å². The van der Waals surface area contributed by atoms with Crippen molar-refractivity contribution in [1.82, 2.24) is 9.97 Å². The molecule has 0 saturated carbocycles. The molecular weight excluding hydrogens is 512 g/mol. The van der Waals surface area contributed by atoms with Crippen LogP contribution >= 0.6 is 0 Å². The van der Waals surface area contributed by atoms with Crippen LogP contribution in [0.15, 0.2) is 84.3 Å². The van der Waals surface area contributed by atoms with E-state index in [1.54, 1.807) is 54.6 Å². The average molecular weight is 535 g/mol. The molecule has 0 saturated heterocycles. The van der Waals surface area contributed by atoms with Crippen molar-refractivity contribution in [1.29, 1.82) is 0 Å². The summed E-state index contributed by atoms with van der Waals surface area (Å²) in [5.74, 6) is 0.0972. The zero-order valence-electron chi connectivity index (χ0n) is 20.3. The second-order valence-corrected chi connectivity index (χ2v) is 9.22. The van der Waals surface area contributed by atoms with Crippen molar-refractivity contribution in [2.24, 2.45) is 0 Å². The van der Waals surface area contributed by atoms with E-state index in [1.165, 1.54) is 38.5 Å². The molecule has 11 nitrogen and oxygen atoms in total. The van der Waals surface area contributed by atoms with E-state index in [0.29, 0.717) is 11.3 Å². The molecule has 194 valence electrons. The Morgan fingerprint density at radius 2 is 1.61 bits per heavy atom. The lowest BCUT2D eigenvalue weighted by molar-refractivity contribution is -0.384. The van der Waals surface area contributed by atoms with Crippen molar-refractivity contribution in [2.75, 3.05) is 18.9 Å². The van der Waals surface area contributed by atoms with E-state index in [9.17, 15) is 18.5 Å². The Labute approximate surface area is 218 Å². The monoisotopic (exact) mass is 534 g/mol. The number of nitro benzene ring substituents is 1. The zero-order chi connectivity index (χ0) is 27.1. The van der Waals surface area contributed by atoms with Gasteiger partial charge in [0.25, 0.3) is 21.6 Å². The normalized spacial score (nSPS) is 11.2. The summed E-state index contributed by atoms with van der Waals surface area (Å²) in [5.41, 5.74) is 0.745. The molecule has 38 heavy (non-hydrogen) atoms. The Kier molecular flexibility index (Phi) is 7.83. The summed E-state index contributed by atoms with van der Waals surface area (Å²) in [7, 11) is -1.33. The standard InChI is InChI=1S/C26H22N4O7S/c1-35-21-13-6-7-14-22(21)37-23-25(29-38(33,34)16-15-18-9-4-3-5-10-18)27-24(28-26(23)36-2)19-11-8-12-20(17-19)30(31)32/h3-17H,1-2H3,(H,27,28,29)/b16-15+. The number of hydrogen-bond acceptors (Lipinski definition) is 9. The number of nitrogens with one attached hydrogen (secondary N) is 1. The number of methoxy groups -OCH3 is 2. The van der Waals surface area contributed by atoms with Crippen molar-refractivity contribution in [2.45, 2.75) is 0 Å². The van der Waals surface area contributed by atoms with Crippen molar-refractivity contribution in [3.05, 3.63) is 99.9 Å². The lowest BCUT2D eigenvalue weighted by atomic mass is 10.2. The number of sulfonamides is 1. The summed E-state index contributed by atoms with van der Waals surface area (Å²) in [5, 5.41) is 12.3. The molecule has 0 radical (unpaired) electrons. The molecule has 0 bridgehead atoms. The van der Waals surface area contributed by atoms with E-state index in [0.717, 1.165) is 5.41 Å². The number of nitrogens with zero attached hydrogens (tertiary/aromatic N) is 3. The van der Waals surface area contributed by atoms with Gasteiger partial charge in [-0.25, -0.2) is 13.4 Å². The number of hydrogen-bond donors (Lipinski definition) is 1. The summed E-state index contributed by atoms with van der Waals surface area (Å²) >= 11 is 0. The molecule has 0 atom stereocenters. The van der Waals surface area contributed by atoms with Gasteiger partial charge in [-0.1, -0.05) is 54.6 Å². The number of non-ortho nitro benzene ring substituents is 1. The van der Waals surface area contributed by atoms with Gasteiger partial charge in [0.2, 0.25) is 5.75 Å². The van der Waals surface area contributed by atoms with Crippen molar-refractivity contribution >= 4 is 27.6 Å². The van der Waals surface area contributed by atoms with Crippen LogP contribution in [-0.2, 0) is 10.0 Å². The Morgan fingerprint density at radius 1 is 0.895 bits per heavy atom. The highest BCUT2D eigenvalue weighted by molar-refractivity contribution is 7.95. The van der Waals surface area contributed by atoms with Gasteiger partial charge in [-0.3, -0.25) is 14.8 Å². The smallest absolute Gasteiger partial charge is 0.270 e. The van der Waals surface area contributed by atoms with Crippen molar-refractivity contribution in [3.63, 3.8) is 0 Å². The highest BCUT2D eigenvalue weighted by Crippen LogP contribution is 2.41. The highest BCUT2D eigenvalue weighted by atomic mass is 32.2. The topological polar surface area (TPSA) is 143 Å². The first-order chi connectivity index (χ1) is 18.3. The lowest BCUT2D eigenvalue weighted by Gasteiger charge is -2.16. The first-order valence-corrected chi connectivity index (χ1v) is 12.6. The van der Waals surface area contributed by atoms with Crippen LogP contribution < -0.4 is 18.9 Å². The minimum absolute atomic E-state index is 0.0253. The Hall–Kier alpha value is -4.97. The predicted molar refractivity (Wildman–Crippen MR) is 142 cm³/mol. The molecule has 0 aliphatic rings. The van der Waals surface area contributed by atoms with Crippen LogP contribution in [0.5, 0.6) is 23.1 Å². The SMILES string of the molecule is COc1ccccc1Oc1c(NS(=O)(=O)/C=C/c2ccccc2)nc(-c2cccc([N+](=O)[O-])c2)nc1OC. The Morgan fingerprint density at radius 3 is 2.29 bits per heavy atom. The van der Waals surface area contributed by atoms with Gasteiger partial charge in [-0.15, -0.1) is 0 Å². The molecule has 12 heteroatoms. The first-order valence-electron chi connectivity index (χ1n) is 11.1. The van der Waals surface area contributed by atoms with Gasteiger partial charge in [-0.05, 0) is 23.8 Å². The molecule has 0 unspecified atom stereocenters. The fourth-order valence-electron chi connectivity index (χ4n) is 3.33. The highest BCUT2D eigenvalue weighted by Gasteiger charge is 2.23. The largest absolute Gasteiger partial charge is 0.493 e. The molecule has 1 aromatic heterocycles. The van der Waals surface area contributed by atoms with E-state index in [2.05, 4.69) is 14.7 Å². The van der Waals surface area contributed by atoms with E-state index >= 15 is 0 Å². The molecule has 0 spiro atoms. The number of anilines is 1. The Balaban J connectivity index is 1.83. The van der Waals surface area contributed by atoms with Crippen LogP contribution in [0, 0.1) is 10.1 Å². The van der Waals surface area contributed by atoms with Gasteiger partial charge in [-0.2, -0.15) is 4.98 Å².